The van der Waals surface area contributed by atoms with Gasteiger partial charge in [-0.1, -0.05) is 65.0 Å². The Hall–Kier alpha value is -4.97. The molecule has 4 bridgehead atoms. The monoisotopic (exact) mass is 654 g/mol. The van der Waals surface area contributed by atoms with E-state index in [0.29, 0.717) is 11.5 Å². The summed E-state index contributed by atoms with van der Waals surface area (Å²) in [6.07, 6.45) is -0.550. The number of esters is 1. The highest BCUT2D eigenvalue weighted by atomic mass is 16.5. The highest BCUT2D eigenvalue weighted by Gasteiger charge is 2.61. The molecular formula is C36H38N4O8. The molecule has 0 saturated heterocycles. The Morgan fingerprint density at radius 1 is 1.10 bits per heavy atom. The lowest BCUT2D eigenvalue weighted by Gasteiger charge is -2.32. The van der Waals surface area contributed by atoms with Crippen LogP contribution in [0, 0.1) is 17.3 Å². The smallest absolute Gasteiger partial charge is 0.360 e. The molecule has 12 nitrogen and oxygen atoms in total. The number of oxazole rings is 2. The normalized spacial score (nSPS) is 23.2. The molecule has 0 aliphatic carbocycles. The third-order valence-electron chi connectivity index (χ3n) is 9.51. The second-order valence-corrected chi connectivity index (χ2v) is 14.2. The second kappa shape index (κ2) is 11.3. The number of anilines is 1. The molecule has 3 aliphatic heterocycles. The number of carbonyl (C=O) groups is 3. The minimum Gasteiger partial charge on any atom is -0.469 e. The zero-order valence-corrected chi connectivity index (χ0v) is 27.6. The Morgan fingerprint density at radius 2 is 1.88 bits per heavy atom. The van der Waals surface area contributed by atoms with E-state index in [1.54, 1.807) is 13.8 Å². The van der Waals surface area contributed by atoms with Gasteiger partial charge in [-0.3, -0.25) is 9.59 Å². The van der Waals surface area contributed by atoms with Gasteiger partial charge in [0.25, 0.3) is 0 Å². The molecule has 5 atom stereocenters. The first-order chi connectivity index (χ1) is 22.8. The van der Waals surface area contributed by atoms with Gasteiger partial charge in [-0.2, -0.15) is 0 Å². The molecule has 0 saturated carbocycles. The summed E-state index contributed by atoms with van der Waals surface area (Å²) in [6.45, 7) is 9.38. The van der Waals surface area contributed by atoms with Crippen molar-refractivity contribution in [2.24, 2.45) is 17.3 Å². The summed E-state index contributed by atoms with van der Waals surface area (Å²) >= 11 is 0. The Balaban J connectivity index is 1.49. The van der Waals surface area contributed by atoms with E-state index in [-0.39, 0.29) is 47.8 Å². The minimum atomic E-state index is -1.19. The Kier molecular flexibility index (Phi) is 7.46. The first kappa shape index (κ1) is 31.6. The lowest BCUT2D eigenvalue weighted by atomic mass is 9.72. The van der Waals surface area contributed by atoms with Crippen LogP contribution in [0.5, 0.6) is 5.75 Å². The number of hydrogen-bond donors (Lipinski definition) is 3. The van der Waals surface area contributed by atoms with Crippen molar-refractivity contribution in [3.63, 3.8) is 0 Å². The number of aliphatic hydroxyl groups excluding tert-OH is 1. The molecule has 4 unspecified atom stereocenters. The number of hydrogen-bond acceptors (Lipinski definition) is 11. The first-order valence-electron chi connectivity index (χ1n) is 16.1. The molecule has 3 aliphatic rings. The fraction of sp³-hybridized carbons (Fsp3) is 0.417. The van der Waals surface area contributed by atoms with Gasteiger partial charge >= 0.3 is 5.97 Å². The first-order valence-corrected chi connectivity index (χ1v) is 16.1. The molecule has 0 radical (unpaired) electrons. The van der Waals surface area contributed by atoms with Gasteiger partial charge in [-0.15, -0.1) is 0 Å². The van der Waals surface area contributed by atoms with Crippen molar-refractivity contribution in [3.05, 3.63) is 82.8 Å². The molecule has 2 aromatic heterocycles. The van der Waals surface area contributed by atoms with E-state index >= 15 is 0 Å². The molecule has 48 heavy (non-hydrogen) atoms. The highest BCUT2D eigenvalue weighted by Crippen LogP contribution is 2.59. The Morgan fingerprint density at radius 3 is 2.60 bits per heavy atom. The standard InChI is InChI=1S/C36H38N4O8/c1-17(2)27(42)24(41)15-19-13-18-11-12-25-21(14-18)36(20-9-7-8-10-22(20)38-34(36)47-25)29-26(31-37-23(16-46-31)33(44)45-6)39-32(48-29)28(35(3,4)5)40-30(19)43/h7-12,14,16-17,19,27-28,34,38,42H,13,15H2,1-6H3,(H,40,43)/t19?,27?,28?,34-,36?/m1/s1. The van der Waals surface area contributed by atoms with Crippen LogP contribution in [0.15, 0.2) is 57.6 Å². The SMILES string of the molecule is COC(=O)c1coc(-c2nc3oc2C24c5ccccc5N[C@@H]2Oc2ccc(cc24)CC(CC(=O)C(O)C(C)C)C(=O)NC3C(C)(C)C)n1. The van der Waals surface area contributed by atoms with Gasteiger partial charge in [-0.05, 0) is 41.0 Å². The number of methoxy groups -OCH3 is 1. The number of amides is 1. The number of fused-ring (bicyclic) bond motifs is 4. The molecule has 1 spiro atoms. The average Bonchev–Trinajstić information content (AvgIpc) is 3.82. The van der Waals surface area contributed by atoms with Gasteiger partial charge in [0.2, 0.25) is 17.7 Å². The average molecular weight is 655 g/mol. The molecule has 12 heteroatoms. The Labute approximate surface area is 277 Å². The third-order valence-corrected chi connectivity index (χ3v) is 9.51. The fourth-order valence-electron chi connectivity index (χ4n) is 6.99. The van der Waals surface area contributed by atoms with E-state index in [1.807, 2.05) is 63.2 Å². The topological polar surface area (TPSA) is 166 Å². The summed E-state index contributed by atoms with van der Waals surface area (Å²) in [5.74, 6) is -1.34. The van der Waals surface area contributed by atoms with Crippen molar-refractivity contribution in [1.82, 2.24) is 15.3 Å². The van der Waals surface area contributed by atoms with Crippen LogP contribution in [0.2, 0.25) is 0 Å². The maximum atomic E-state index is 14.2. The molecule has 1 amide bonds. The number of Topliss-reactive ketones (excluding diaryl/α,β-unsaturated/α-hetero) is 1. The van der Waals surface area contributed by atoms with Gasteiger partial charge in [0.15, 0.2) is 29.2 Å². The van der Waals surface area contributed by atoms with Crippen molar-refractivity contribution in [1.29, 1.82) is 0 Å². The van der Waals surface area contributed by atoms with E-state index in [9.17, 15) is 19.5 Å². The van der Waals surface area contributed by atoms with Crippen LogP contribution < -0.4 is 15.4 Å². The molecule has 2 aromatic carbocycles. The van der Waals surface area contributed by atoms with Crippen molar-refractivity contribution < 1.29 is 37.8 Å². The van der Waals surface area contributed by atoms with Crippen molar-refractivity contribution in [2.45, 2.75) is 71.2 Å². The van der Waals surface area contributed by atoms with Crippen molar-refractivity contribution >= 4 is 23.3 Å². The summed E-state index contributed by atoms with van der Waals surface area (Å²) < 4.78 is 24.1. The summed E-state index contributed by atoms with van der Waals surface area (Å²) in [5, 5.41) is 17.2. The van der Waals surface area contributed by atoms with Crippen LogP contribution in [-0.4, -0.2) is 52.2 Å². The van der Waals surface area contributed by atoms with Gasteiger partial charge in [0, 0.05) is 23.6 Å². The minimum absolute atomic E-state index is 0.0301. The molecule has 250 valence electrons. The maximum absolute atomic E-state index is 14.2. The number of rotatable bonds is 6. The molecule has 5 heterocycles. The maximum Gasteiger partial charge on any atom is 0.360 e. The van der Waals surface area contributed by atoms with Gasteiger partial charge in [-0.25, -0.2) is 14.8 Å². The van der Waals surface area contributed by atoms with Crippen LogP contribution in [0.4, 0.5) is 5.69 Å². The number of benzene rings is 2. The van der Waals surface area contributed by atoms with Crippen molar-refractivity contribution in [2.75, 3.05) is 12.4 Å². The van der Waals surface area contributed by atoms with Crippen LogP contribution in [0.25, 0.3) is 11.6 Å². The Bertz CT molecular complexity index is 1940. The number of aliphatic hydroxyl groups is 1. The number of para-hydroxylation sites is 1. The van der Waals surface area contributed by atoms with E-state index in [2.05, 4.69) is 15.6 Å². The predicted molar refractivity (Wildman–Crippen MR) is 172 cm³/mol. The quantitative estimate of drug-likeness (QED) is 0.241. The molecular weight excluding hydrogens is 616 g/mol. The fourth-order valence-corrected chi connectivity index (χ4v) is 6.99. The largest absolute Gasteiger partial charge is 0.469 e. The van der Waals surface area contributed by atoms with Gasteiger partial charge in [0.05, 0.1) is 7.11 Å². The highest BCUT2D eigenvalue weighted by molar-refractivity contribution is 5.90. The summed E-state index contributed by atoms with van der Waals surface area (Å²) in [7, 11) is 1.26. The summed E-state index contributed by atoms with van der Waals surface area (Å²) in [6, 6.07) is 12.8. The number of nitrogens with one attached hydrogen (secondary N) is 2. The van der Waals surface area contributed by atoms with Crippen LogP contribution >= 0.6 is 0 Å². The summed E-state index contributed by atoms with van der Waals surface area (Å²) in [4.78, 5) is 49.1. The van der Waals surface area contributed by atoms with E-state index in [0.717, 1.165) is 22.4 Å². The lowest BCUT2D eigenvalue weighted by Crippen LogP contribution is -2.42. The second-order valence-electron chi connectivity index (χ2n) is 14.2. The lowest BCUT2D eigenvalue weighted by molar-refractivity contribution is -0.135. The number of carbonyl (C=O) groups excluding carboxylic acids is 3. The van der Waals surface area contributed by atoms with Crippen LogP contribution in [0.1, 0.15) is 85.9 Å². The van der Waals surface area contributed by atoms with Gasteiger partial charge < -0.3 is 34.0 Å². The van der Waals surface area contributed by atoms with E-state index in [1.165, 1.54) is 13.4 Å². The number of ether oxygens (including phenoxy) is 2. The van der Waals surface area contributed by atoms with Crippen molar-refractivity contribution in [3.8, 4) is 17.3 Å². The number of ketones is 1. The zero-order valence-electron chi connectivity index (χ0n) is 27.6. The molecule has 7 rings (SSSR count). The molecule has 0 fully saturated rings. The molecule has 4 aromatic rings. The number of aromatic nitrogens is 2. The summed E-state index contributed by atoms with van der Waals surface area (Å²) in [5.41, 5.74) is 1.76. The predicted octanol–water partition coefficient (Wildman–Crippen LogP) is 4.95. The number of nitrogens with zero attached hydrogens (tertiary/aromatic N) is 2. The van der Waals surface area contributed by atoms with Crippen LogP contribution in [-0.2, 0) is 26.2 Å². The van der Waals surface area contributed by atoms with Gasteiger partial charge in [0.1, 0.15) is 29.6 Å². The third kappa shape index (κ3) is 4.88. The molecule has 3 N–H and O–H groups in total. The van der Waals surface area contributed by atoms with Crippen LogP contribution in [0.3, 0.4) is 0 Å². The zero-order chi connectivity index (χ0) is 34.1. The van der Waals surface area contributed by atoms with E-state index < -0.39 is 46.9 Å². The van der Waals surface area contributed by atoms with E-state index in [4.69, 9.17) is 23.3 Å².